The molecule has 0 radical (unpaired) electrons. The van der Waals surface area contributed by atoms with Gasteiger partial charge in [0.15, 0.2) is 6.10 Å². The van der Waals surface area contributed by atoms with E-state index in [9.17, 15) is 13.2 Å². The quantitative estimate of drug-likeness (QED) is 0.804. The summed E-state index contributed by atoms with van der Waals surface area (Å²) in [4.78, 5) is 1.51. The molecular weight excluding hydrogens is 223 g/mol. The second-order valence-electron chi connectivity index (χ2n) is 4.36. The highest BCUT2D eigenvalue weighted by molar-refractivity contribution is 4.72. The molecule has 1 rings (SSSR count). The van der Waals surface area contributed by atoms with Gasteiger partial charge in [-0.1, -0.05) is 0 Å². The number of ether oxygens (including phenoxy) is 1. The molecule has 1 saturated heterocycles. The maximum Gasteiger partial charge on any atom is 0.415 e. The summed E-state index contributed by atoms with van der Waals surface area (Å²) in [5, 5.41) is 8.89. The van der Waals surface area contributed by atoms with Gasteiger partial charge in [0, 0.05) is 19.7 Å². The van der Waals surface area contributed by atoms with E-state index >= 15 is 0 Å². The van der Waals surface area contributed by atoms with Gasteiger partial charge in [-0.05, 0) is 25.8 Å². The monoisotopic (exact) mass is 241 g/mol. The summed E-state index contributed by atoms with van der Waals surface area (Å²) < 4.78 is 41.5. The first kappa shape index (κ1) is 13.7. The first-order valence-electron chi connectivity index (χ1n) is 5.40. The van der Waals surface area contributed by atoms with Crippen molar-refractivity contribution in [2.45, 2.75) is 25.1 Å². The van der Waals surface area contributed by atoms with Crippen LogP contribution >= 0.6 is 0 Å². The first-order valence-corrected chi connectivity index (χ1v) is 5.40. The number of rotatable bonds is 4. The first-order chi connectivity index (χ1) is 7.39. The SMILES string of the molecule is CN(CC1CCCOC1)CC(O)C(F)(F)F. The molecule has 0 saturated carbocycles. The van der Waals surface area contributed by atoms with E-state index in [1.165, 1.54) is 4.90 Å². The molecule has 2 atom stereocenters. The van der Waals surface area contributed by atoms with Crippen LogP contribution in [0.15, 0.2) is 0 Å². The average molecular weight is 241 g/mol. The van der Waals surface area contributed by atoms with Crippen LogP contribution in [0, 0.1) is 5.92 Å². The van der Waals surface area contributed by atoms with Crippen molar-refractivity contribution in [3.63, 3.8) is 0 Å². The van der Waals surface area contributed by atoms with Crippen molar-refractivity contribution in [2.24, 2.45) is 5.92 Å². The summed E-state index contributed by atoms with van der Waals surface area (Å²) in [6, 6.07) is 0. The third-order valence-corrected chi connectivity index (χ3v) is 2.69. The fraction of sp³-hybridized carbons (Fsp3) is 1.00. The van der Waals surface area contributed by atoms with E-state index in [4.69, 9.17) is 9.84 Å². The predicted octanol–water partition coefficient (Wildman–Crippen LogP) is 1.27. The van der Waals surface area contributed by atoms with E-state index in [1.807, 2.05) is 0 Å². The molecule has 0 aromatic heterocycles. The van der Waals surface area contributed by atoms with E-state index in [0.717, 1.165) is 19.4 Å². The molecule has 0 amide bonds. The Balaban J connectivity index is 2.26. The molecule has 3 nitrogen and oxygen atoms in total. The van der Waals surface area contributed by atoms with E-state index in [2.05, 4.69) is 0 Å². The lowest BCUT2D eigenvalue weighted by Crippen LogP contribution is -2.41. The zero-order chi connectivity index (χ0) is 12.2. The number of aliphatic hydroxyl groups excluding tert-OH is 1. The lowest BCUT2D eigenvalue weighted by molar-refractivity contribution is -0.207. The minimum atomic E-state index is -4.53. The summed E-state index contributed by atoms with van der Waals surface area (Å²) in [7, 11) is 1.59. The van der Waals surface area contributed by atoms with E-state index < -0.39 is 12.3 Å². The summed E-state index contributed by atoms with van der Waals surface area (Å²) in [5.74, 6) is 0.277. The third-order valence-electron chi connectivity index (χ3n) is 2.69. The van der Waals surface area contributed by atoms with Gasteiger partial charge in [0.25, 0.3) is 0 Å². The Morgan fingerprint density at radius 3 is 2.69 bits per heavy atom. The number of aliphatic hydroxyl groups is 1. The van der Waals surface area contributed by atoms with Crippen LogP contribution in [-0.4, -0.2) is 55.6 Å². The van der Waals surface area contributed by atoms with Crippen molar-refractivity contribution < 1.29 is 23.0 Å². The van der Waals surface area contributed by atoms with Gasteiger partial charge in [-0.15, -0.1) is 0 Å². The predicted molar refractivity (Wildman–Crippen MR) is 53.1 cm³/mol. The van der Waals surface area contributed by atoms with E-state index in [0.29, 0.717) is 13.2 Å². The highest BCUT2D eigenvalue weighted by Crippen LogP contribution is 2.21. The van der Waals surface area contributed by atoms with Crippen LogP contribution < -0.4 is 0 Å². The fourth-order valence-electron chi connectivity index (χ4n) is 1.87. The zero-order valence-corrected chi connectivity index (χ0v) is 9.33. The minimum Gasteiger partial charge on any atom is -0.382 e. The smallest absolute Gasteiger partial charge is 0.382 e. The molecule has 2 unspecified atom stereocenters. The lowest BCUT2D eigenvalue weighted by Gasteiger charge is -2.28. The van der Waals surface area contributed by atoms with Gasteiger partial charge >= 0.3 is 6.18 Å². The van der Waals surface area contributed by atoms with Crippen LogP contribution in [0.3, 0.4) is 0 Å². The molecule has 1 N–H and O–H groups in total. The number of hydrogen-bond donors (Lipinski definition) is 1. The van der Waals surface area contributed by atoms with Gasteiger partial charge in [0.1, 0.15) is 0 Å². The van der Waals surface area contributed by atoms with Crippen LogP contribution in [0.2, 0.25) is 0 Å². The van der Waals surface area contributed by atoms with Crippen molar-refractivity contribution in [3.05, 3.63) is 0 Å². The standard InChI is InChI=1S/C10H18F3NO2/c1-14(6-9(15)10(11,12)13)5-8-3-2-4-16-7-8/h8-9,15H,2-7H2,1H3. The summed E-state index contributed by atoms with van der Waals surface area (Å²) >= 11 is 0. The lowest BCUT2D eigenvalue weighted by atomic mass is 10.0. The zero-order valence-electron chi connectivity index (χ0n) is 9.33. The second kappa shape index (κ2) is 5.84. The Kier molecular flexibility index (Phi) is 5.01. The van der Waals surface area contributed by atoms with Gasteiger partial charge in [-0.3, -0.25) is 0 Å². The number of alkyl halides is 3. The minimum absolute atomic E-state index is 0.277. The molecule has 0 aliphatic carbocycles. The molecule has 1 fully saturated rings. The Hall–Kier alpha value is -0.330. The van der Waals surface area contributed by atoms with Crippen LogP contribution in [-0.2, 0) is 4.74 Å². The van der Waals surface area contributed by atoms with Gasteiger partial charge in [-0.2, -0.15) is 13.2 Å². The molecule has 1 aliphatic heterocycles. The molecule has 0 bridgehead atoms. The van der Waals surface area contributed by atoms with Crippen molar-refractivity contribution in [1.29, 1.82) is 0 Å². The average Bonchev–Trinajstić information content (AvgIpc) is 2.17. The van der Waals surface area contributed by atoms with Crippen molar-refractivity contribution >= 4 is 0 Å². The number of hydrogen-bond acceptors (Lipinski definition) is 3. The van der Waals surface area contributed by atoms with Crippen LogP contribution in [0.25, 0.3) is 0 Å². The Labute approximate surface area is 93.2 Å². The molecule has 96 valence electrons. The maximum absolute atomic E-state index is 12.1. The van der Waals surface area contributed by atoms with Crippen LogP contribution in [0.1, 0.15) is 12.8 Å². The highest BCUT2D eigenvalue weighted by atomic mass is 19.4. The van der Waals surface area contributed by atoms with Crippen molar-refractivity contribution in [2.75, 3.05) is 33.4 Å². The third kappa shape index (κ3) is 4.67. The second-order valence-corrected chi connectivity index (χ2v) is 4.36. The molecule has 0 spiro atoms. The molecule has 0 aromatic carbocycles. The molecule has 1 aliphatic rings. The highest BCUT2D eigenvalue weighted by Gasteiger charge is 2.38. The van der Waals surface area contributed by atoms with Crippen molar-refractivity contribution in [1.82, 2.24) is 4.90 Å². The Bertz CT molecular complexity index is 205. The van der Waals surface area contributed by atoms with Crippen LogP contribution in [0.4, 0.5) is 13.2 Å². The number of likely N-dealkylation sites (N-methyl/N-ethyl adjacent to an activating group) is 1. The van der Waals surface area contributed by atoms with E-state index in [1.54, 1.807) is 7.05 Å². The largest absolute Gasteiger partial charge is 0.415 e. The number of nitrogens with zero attached hydrogens (tertiary/aromatic N) is 1. The summed E-state index contributed by atoms with van der Waals surface area (Å²) in [6.45, 7) is 1.50. The molecule has 6 heteroatoms. The normalized spacial score (nSPS) is 24.8. The van der Waals surface area contributed by atoms with Crippen LogP contribution in [0.5, 0.6) is 0 Å². The summed E-state index contributed by atoms with van der Waals surface area (Å²) in [6.07, 6.45) is -4.86. The van der Waals surface area contributed by atoms with Gasteiger partial charge < -0.3 is 14.7 Å². The number of halogens is 3. The topological polar surface area (TPSA) is 32.7 Å². The maximum atomic E-state index is 12.1. The van der Waals surface area contributed by atoms with Gasteiger partial charge in [0.05, 0.1) is 6.61 Å². The summed E-state index contributed by atoms with van der Waals surface area (Å²) in [5.41, 5.74) is 0. The molecule has 16 heavy (non-hydrogen) atoms. The Morgan fingerprint density at radius 1 is 1.50 bits per heavy atom. The van der Waals surface area contributed by atoms with Crippen molar-refractivity contribution in [3.8, 4) is 0 Å². The fourth-order valence-corrected chi connectivity index (χ4v) is 1.87. The van der Waals surface area contributed by atoms with E-state index in [-0.39, 0.29) is 12.5 Å². The molecule has 1 heterocycles. The molecular formula is C10H18F3NO2. The molecule has 0 aromatic rings. The van der Waals surface area contributed by atoms with Gasteiger partial charge in [-0.25, -0.2) is 0 Å². The van der Waals surface area contributed by atoms with Gasteiger partial charge in [0.2, 0.25) is 0 Å². The Morgan fingerprint density at radius 2 is 2.19 bits per heavy atom.